The Morgan fingerprint density at radius 3 is 1.38 bits per heavy atom. The molecular weight excluding hydrogens is 633 g/mol. The summed E-state index contributed by atoms with van der Waals surface area (Å²) >= 11 is 0. The van der Waals surface area contributed by atoms with Gasteiger partial charge in [-0.2, -0.15) is 0 Å². The summed E-state index contributed by atoms with van der Waals surface area (Å²) < 4.78 is 0. The SMILES string of the molecule is c1ccc(C2=NC(c3cc(-c4ccc(-c5ccccn5)cc4)cc(-c4ccc(-c5ccccn5)cc4)c3)Nc3cc(-c4ccccc4)ccc32)cc1. The van der Waals surface area contributed by atoms with Gasteiger partial charge in [0, 0.05) is 40.3 Å². The molecule has 0 saturated heterocycles. The zero-order valence-corrected chi connectivity index (χ0v) is 28.4. The van der Waals surface area contributed by atoms with Crippen molar-refractivity contribution in [1.29, 1.82) is 0 Å². The van der Waals surface area contributed by atoms with Crippen LogP contribution in [-0.2, 0) is 0 Å². The normalized spacial score (nSPS) is 13.5. The lowest BCUT2D eigenvalue weighted by atomic mass is 9.92. The summed E-state index contributed by atoms with van der Waals surface area (Å²) in [5.41, 5.74) is 16.2. The fraction of sp³-hybridized carbons (Fsp3) is 0.0208. The predicted octanol–water partition coefficient (Wildman–Crippen LogP) is 11.8. The van der Waals surface area contributed by atoms with E-state index in [1.807, 2.05) is 48.8 Å². The summed E-state index contributed by atoms with van der Waals surface area (Å²) in [6, 6.07) is 63.9. The van der Waals surface area contributed by atoms with Gasteiger partial charge in [0.15, 0.2) is 0 Å². The Kier molecular flexibility index (Phi) is 8.24. The highest BCUT2D eigenvalue weighted by Crippen LogP contribution is 2.38. The molecular formula is C48H34N4. The minimum absolute atomic E-state index is 0.312. The van der Waals surface area contributed by atoms with Gasteiger partial charge < -0.3 is 5.32 Å². The van der Waals surface area contributed by atoms with Gasteiger partial charge in [0.1, 0.15) is 6.17 Å². The van der Waals surface area contributed by atoms with E-state index in [0.717, 1.165) is 78.4 Å². The molecule has 9 rings (SSSR count). The molecule has 0 radical (unpaired) electrons. The van der Waals surface area contributed by atoms with E-state index in [1.54, 1.807) is 0 Å². The molecule has 2 aromatic heterocycles. The van der Waals surface area contributed by atoms with Gasteiger partial charge in [-0.1, -0.05) is 133 Å². The lowest BCUT2D eigenvalue weighted by Gasteiger charge is -2.27. The molecule has 1 aliphatic rings. The van der Waals surface area contributed by atoms with Crippen LogP contribution in [0.1, 0.15) is 22.9 Å². The van der Waals surface area contributed by atoms with Crippen LogP contribution in [0.25, 0.3) is 55.9 Å². The van der Waals surface area contributed by atoms with Crippen molar-refractivity contribution in [3.63, 3.8) is 0 Å². The summed E-state index contributed by atoms with van der Waals surface area (Å²) in [4.78, 5) is 14.5. The van der Waals surface area contributed by atoms with Crippen LogP contribution in [0.3, 0.4) is 0 Å². The van der Waals surface area contributed by atoms with Crippen molar-refractivity contribution in [2.24, 2.45) is 4.99 Å². The third-order valence-corrected chi connectivity index (χ3v) is 9.61. The Morgan fingerprint density at radius 2 is 0.846 bits per heavy atom. The molecule has 1 atom stereocenters. The van der Waals surface area contributed by atoms with E-state index in [9.17, 15) is 0 Å². The Bertz CT molecular complexity index is 2390. The molecule has 6 aromatic carbocycles. The van der Waals surface area contributed by atoms with E-state index < -0.39 is 0 Å². The van der Waals surface area contributed by atoms with E-state index in [0.29, 0.717) is 0 Å². The van der Waals surface area contributed by atoms with Gasteiger partial charge in [-0.15, -0.1) is 0 Å². The number of anilines is 1. The standard InChI is InChI=1S/C48H34N4/c1-3-11-33(12-4-1)39-25-26-43-46(32-39)51-48(52-47(43)38-13-5-2-6-14-38)42-30-40(34-17-21-36(22-18-34)44-15-7-9-27-49-44)29-41(31-42)35-19-23-37(24-20-35)45-16-8-10-28-50-45/h1-32,48,51H. The number of rotatable bonds is 7. The van der Waals surface area contributed by atoms with Crippen molar-refractivity contribution < 1.29 is 0 Å². The van der Waals surface area contributed by atoms with Crippen LogP contribution in [0.4, 0.5) is 5.69 Å². The molecule has 8 aromatic rings. The lowest BCUT2D eigenvalue weighted by Crippen LogP contribution is -2.21. The van der Waals surface area contributed by atoms with Crippen molar-refractivity contribution in [2.75, 3.05) is 5.32 Å². The Labute approximate surface area is 303 Å². The van der Waals surface area contributed by atoms with Crippen molar-refractivity contribution in [1.82, 2.24) is 9.97 Å². The predicted molar refractivity (Wildman–Crippen MR) is 214 cm³/mol. The van der Waals surface area contributed by atoms with Crippen LogP contribution in [0, 0.1) is 0 Å². The van der Waals surface area contributed by atoms with Gasteiger partial charge in [0.05, 0.1) is 17.1 Å². The number of nitrogens with zero attached hydrogens (tertiary/aromatic N) is 3. The molecule has 0 spiro atoms. The summed E-state index contributed by atoms with van der Waals surface area (Å²) in [7, 11) is 0. The number of pyridine rings is 2. The van der Waals surface area contributed by atoms with Gasteiger partial charge in [-0.25, -0.2) is 0 Å². The van der Waals surface area contributed by atoms with Crippen molar-refractivity contribution in [3.8, 4) is 55.9 Å². The lowest BCUT2D eigenvalue weighted by molar-refractivity contribution is 0.829. The van der Waals surface area contributed by atoms with Gasteiger partial charge >= 0.3 is 0 Å². The quantitative estimate of drug-likeness (QED) is 0.184. The number of nitrogens with one attached hydrogen (secondary N) is 1. The molecule has 0 saturated carbocycles. The first-order valence-electron chi connectivity index (χ1n) is 17.5. The average Bonchev–Trinajstić information content (AvgIpc) is 3.24. The van der Waals surface area contributed by atoms with Crippen molar-refractivity contribution >= 4 is 11.4 Å². The van der Waals surface area contributed by atoms with Gasteiger partial charge in [-0.3, -0.25) is 15.0 Å². The first-order chi connectivity index (χ1) is 25.7. The molecule has 1 N–H and O–H groups in total. The molecule has 0 bridgehead atoms. The molecule has 0 amide bonds. The van der Waals surface area contributed by atoms with Crippen molar-refractivity contribution in [2.45, 2.75) is 6.17 Å². The second kappa shape index (κ2) is 13.8. The van der Waals surface area contributed by atoms with Crippen LogP contribution >= 0.6 is 0 Å². The van der Waals surface area contributed by atoms with E-state index in [1.165, 1.54) is 5.56 Å². The van der Waals surface area contributed by atoms with Gasteiger partial charge in [-0.05, 0) is 87.5 Å². The van der Waals surface area contributed by atoms with E-state index in [-0.39, 0.29) is 6.17 Å². The smallest absolute Gasteiger partial charge is 0.145 e. The Morgan fingerprint density at radius 1 is 0.365 bits per heavy atom. The third kappa shape index (κ3) is 6.30. The maximum atomic E-state index is 5.43. The number of fused-ring (bicyclic) bond motifs is 1. The molecule has 246 valence electrons. The Hall–Kier alpha value is -6.91. The van der Waals surface area contributed by atoms with E-state index in [2.05, 4.69) is 161 Å². The molecule has 4 heteroatoms. The zero-order chi connectivity index (χ0) is 34.7. The molecule has 0 fully saturated rings. The summed E-state index contributed by atoms with van der Waals surface area (Å²) in [6.45, 7) is 0. The highest BCUT2D eigenvalue weighted by Gasteiger charge is 2.24. The second-order valence-corrected chi connectivity index (χ2v) is 12.9. The summed E-state index contributed by atoms with van der Waals surface area (Å²) in [5, 5.41) is 3.84. The maximum Gasteiger partial charge on any atom is 0.145 e. The number of aliphatic imine (C=N–C) groups is 1. The zero-order valence-electron chi connectivity index (χ0n) is 28.4. The van der Waals surface area contributed by atoms with Gasteiger partial charge in [0.25, 0.3) is 0 Å². The first-order valence-corrected chi connectivity index (χ1v) is 17.5. The number of benzene rings is 6. The molecule has 0 aliphatic carbocycles. The van der Waals surface area contributed by atoms with Crippen LogP contribution in [0.2, 0.25) is 0 Å². The molecule has 3 heterocycles. The fourth-order valence-electron chi connectivity index (χ4n) is 6.92. The minimum atomic E-state index is -0.312. The van der Waals surface area contributed by atoms with Crippen molar-refractivity contribution in [3.05, 3.63) is 211 Å². The Balaban J connectivity index is 1.17. The first kappa shape index (κ1) is 31.1. The third-order valence-electron chi connectivity index (χ3n) is 9.61. The minimum Gasteiger partial charge on any atom is -0.359 e. The topological polar surface area (TPSA) is 50.2 Å². The molecule has 1 unspecified atom stereocenters. The van der Waals surface area contributed by atoms with Crippen LogP contribution in [-0.4, -0.2) is 15.7 Å². The van der Waals surface area contributed by atoms with Gasteiger partial charge in [0.2, 0.25) is 0 Å². The van der Waals surface area contributed by atoms with Crippen LogP contribution < -0.4 is 5.32 Å². The molecule has 52 heavy (non-hydrogen) atoms. The van der Waals surface area contributed by atoms with Crippen LogP contribution in [0.15, 0.2) is 199 Å². The average molecular weight is 667 g/mol. The molecule has 4 nitrogen and oxygen atoms in total. The number of hydrogen-bond donors (Lipinski definition) is 1. The number of aromatic nitrogens is 2. The number of hydrogen-bond acceptors (Lipinski definition) is 4. The highest BCUT2D eigenvalue weighted by molar-refractivity contribution is 6.17. The van der Waals surface area contributed by atoms with E-state index in [4.69, 9.17) is 4.99 Å². The fourth-order valence-corrected chi connectivity index (χ4v) is 6.92. The maximum absolute atomic E-state index is 5.43. The highest BCUT2D eigenvalue weighted by atomic mass is 15.1. The summed E-state index contributed by atoms with van der Waals surface area (Å²) in [5.74, 6) is 0. The van der Waals surface area contributed by atoms with Crippen LogP contribution in [0.5, 0.6) is 0 Å². The van der Waals surface area contributed by atoms with E-state index >= 15 is 0 Å². The second-order valence-electron chi connectivity index (χ2n) is 12.9. The monoisotopic (exact) mass is 666 g/mol. The largest absolute Gasteiger partial charge is 0.359 e. The summed E-state index contributed by atoms with van der Waals surface area (Å²) in [6.07, 6.45) is 3.36. The molecule has 1 aliphatic heterocycles.